The molecular formula is C16H24N2O. The topological polar surface area (TPSA) is 15.5 Å². The van der Waals surface area contributed by atoms with Gasteiger partial charge in [-0.2, -0.15) is 0 Å². The molecule has 3 nitrogen and oxygen atoms in total. The van der Waals surface area contributed by atoms with Crippen LogP contribution in [0.25, 0.3) is 0 Å². The second-order valence-corrected chi connectivity index (χ2v) is 6.27. The molecule has 19 heavy (non-hydrogen) atoms. The van der Waals surface area contributed by atoms with E-state index in [2.05, 4.69) is 48.9 Å². The second kappa shape index (κ2) is 5.04. The number of hydrogen-bond donors (Lipinski definition) is 0. The first-order valence-corrected chi connectivity index (χ1v) is 7.34. The normalized spacial score (nSPS) is 24.7. The Morgan fingerprint density at radius 2 is 2.21 bits per heavy atom. The van der Waals surface area contributed by atoms with Crippen LogP contribution in [0.1, 0.15) is 19.4 Å². The Labute approximate surface area is 116 Å². The van der Waals surface area contributed by atoms with Gasteiger partial charge in [-0.3, -0.25) is 4.90 Å². The third-order valence-electron chi connectivity index (χ3n) is 4.05. The molecule has 2 atom stereocenters. The van der Waals surface area contributed by atoms with Crippen LogP contribution in [0.15, 0.2) is 18.2 Å². The van der Waals surface area contributed by atoms with Gasteiger partial charge in [0.25, 0.3) is 0 Å². The lowest BCUT2D eigenvalue weighted by atomic mass is 10.1. The zero-order chi connectivity index (χ0) is 13.4. The molecule has 2 aliphatic rings. The highest BCUT2D eigenvalue weighted by Crippen LogP contribution is 2.30. The van der Waals surface area contributed by atoms with Crippen molar-refractivity contribution in [3.8, 4) is 5.75 Å². The molecule has 0 aromatic heterocycles. The van der Waals surface area contributed by atoms with E-state index in [1.165, 1.54) is 24.3 Å². The average molecular weight is 260 g/mol. The number of hydrogen-bond acceptors (Lipinski definition) is 3. The average Bonchev–Trinajstić information content (AvgIpc) is 3.00. The summed E-state index contributed by atoms with van der Waals surface area (Å²) in [7, 11) is 2.15. The van der Waals surface area contributed by atoms with Crippen molar-refractivity contribution < 1.29 is 4.74 Å². The smallest absolute Gasteiger partial charge is 0.119 e. The maximum absolute atomic E-state index is 5.94. The van der Waals surface area contributed by atoms with Crippen molar-refractivity contribution in [2.75, 3.05) is 38.2 Å². The standard InChI is InChI=1S/C16H24N2O/c1-12(2)9-18-10-14(18)11-19-15-4-5-16-13(8-15)6-7-17(16)3/h4-5,8,12,14H,6-7,9-11H2,1-3H3. The van der Waals surface area contributed by atoms with Crippen molar-refractivity contribution in [3.63, 3.8) is 0 Å². The first-order chi connectivity index (χ1) is 9.13. The Morgan fingerprint density at radius 3 is 3.00 bits per heavy atom. The van der Waals surface area contributed by atoms with E-state index in [-0.39, 0.29) is 0 Å². The van der Waals surface area contributed by atoms with Gasteiger partial charge >= 0.3 is 0 Å². The lowest BCUT2D eigenvalue weighted by Gasteiger charge is -2.13. The van der Waals surface area contributed by atoms with Gasteiger partial charge < -0.3 is 9.64 Å². The number of ether oxygens (including phenoxy) is 1. The highest BCUT2D eigenvalue weighted by Gasteiger charge is 2.34. The summed E-state index contributed by atoms with van der Waals surface area (Å²) in [5, 5.41) is 0. The fourth-order valence-corrected chi connectivity index (χ4v) is 2.90. The molecule has 3 heteroatoms. The molecule has 0 amide bonds. The molecule has 0 radical (unpaired) electrons. The number of likely N-dealkylation sites (N-methyl/N-ethyl adjacent to an activating group) is 1. The minimum absolute atomic E-state index is 0.637. The third-order valence-corrected chi connectivity index (χ3v) is 4.05. The molecule has 1 saturated heterocycles. The Balaban J connectivity index is 1.52. The molecule has 1 aromatic rings. The van der Waals surface area contributed by atoms with Crippen LogP contribution in [-0.2, 0) is 6.42 Å². The zero-order valence-corrected chi connectivity index (χ0v) is 12.2. The molecule has 2 unspecified atom stereocenters. The summed E-state index contributed by atoms with van der Waals surface area (Å²) in [4.78, 5) is 4.80. The minimum Gasteiger partial charge on any atom is -0.492 e. The van der Waals surface area contributed by atoms with Crippen LogP contribution in [0.4, 0.5) is 5.69 Å². The van der Waals surface area contributed by atoms with Gasteiger partial charge in [0.05, 0.1) is 6.04 Å². The molecule has 104 valence electrons. The Bertz CT molecular complexity index is 458. The fraction of sp³-hybridized carbons (Fsp3) is 0.625. The monoisotopic (exact) mass is 260 g/mol. The van der Waals surface area contributed by atoms with Gasteiger partial charge in [-0.15, -0.1) is 0 Å². The van der Waals surface area contributed by atoms with Crippen LogP contribution >= 0.6 is 0 Å². The Morgan fingerprint density at radius 1 is 1.37 bits per heavy atom. The number of rotatable bonds is 5. The van der Waals surface area contributed by atoms with E-state index < -0.39 is 0 Å². The second-order valence-electron chi connectivity index (χ2n) is 6.27. The van der Waals surface area contributed by atoms with Crippen molar-refractivity contribution in [2.45, 2.75) is 26.3 Å². The van der Waals surface area contributed by atoms with E-state index >= 15 is 0 Å². The molecule has 0 N–H and O–H groups in total. The third kappa shape index (κ3) is 2.86. The van der Waals surface area contributed by atoms with Crippen LogP contribution < -0.4 is 9.64 Å². The molecule has 1 aromatic carbocycles. The lowest BCUT2D eigenvalue weighted by Crippen LogP contribution is -2.15. The van der Waals surface area contributed by atoms with Gasteiger partial charge in [-0.1, -0.05) is 13.8 Å². The van der Waals surface area contributed by atoms with Crippen LogP contribution in [0.5, 0.6) is 5.75 Å². The lowest BCUT2D eigenvalue weighted by molar-refractivity contribution is 0.287. The van der Waals surface area contributed by atoms with Crippen molar-refractivity contribution in [3.05, 3.63) is 23.8 Å². The minimum atomic E-state index is 0.637. The summed E-state index contributed by atoms with van der Waals surface area (Å²) in [6, 6.07) is 7.15. The van der Waals surface area contributed by atoms with E-state index in [4.69, 9.17) is 4.74 Å². The molecule has 0 bridgehead atoms. The molecule has 0 aliphatic carbocycles. The van der Waals surface area contributed by atoms with Crippen LogP contribution in [-0.4, -0.2) is 44.2 Å². The SMILES string of the molecule is CC(C)CN1CC1COc1ccc2c(c1)CCN2C. The summed E-state index contributed by atoms with van der Waals surface area (Å²) in [6.45, 7) is 8.90. The highest BCUT2D eigenvalue weighted by molar-refractivity contribution is 5.59. The quantitative estimate of drug-likeness (QED) is 0.756. The van der Waals surface area contributed by atoms with Gasteiger partial charge in [0.2, 0.25) is 0 Å². The van der Waals surface area contributed by atoms with E-state index in [0.717, 1.165) is 31.2 Å². The Hall–Kier alpha value is -1.22. The van der Waals surface area contributed by atoms with Gasteiger partial charge in [0, 0.05) is 32.4 Å². The molecular weight excluding hydrogens is 236 g/mol. The summed E-state index contributed by atoms with van der Waals surface area (Å²) in [6.07, 6.45) is 1.14. The fourth-order valence-electron chi connectivity index (χ4n) is 2.90. The maximum atomic E-state index is 5.94. The first-order valence-electron chi connectivity index (χ1n) is 7.34. The van der Waals surface area contributed by atoms with E-state index in [1.54, 1.807) is 0 Å². The van der Waals surface area contributed by atoms with Crippen LogP contribution in [0, 0.1) is 5.92 Å². The predicted octanol–water partition coefficient (Wildman–Crippen LogP) is 2.40. The van der Waals surface area contributed by atoms with Crippen LogP contribution in [0.2, 0.25) is 0 Å². The van der Waals surface area contributed by atoms with Gasteiger partial charge in [0.1, 0.15) is 12.4 Å². The molecule has 3 rings (SSSR count). The molecule has 0 spiro atoms. The van der Waals surface area contributed by atoms with Gasteiger partial charge in [0.15, 0.2) is 0 Å². The van der Waals surface area contributed by atoms with E-state index in [0.29, 0.717) is 6.04 Å². The largest absolute Gasteiger partial charge is 0.492 e. The van der Waals surface area contributed by atoms with Gasteiger partial charge in [-0.25, -0.2) is 0 Å². The van der Waals surface area contributed by atoms with Crippen LogP contribution in [0.3, 0.4) is 0 Å². The summed E-state index contributed by atoms with van der Waals surface area (Å²) in [5.74, 6) is 1.78. The summed E-state index contributed by atoms with van der Waals surface area (Å²) < 4.78 is 5.94. The van der Waals surface area contributed by atoms with Crippen molar-refractivity contribution in [1.29, 1.82) is 0 Å². The molecule has 1 fully saturated rings. The van der Waals surface area contributed by atoms with Crippen molar-refractivity contribution in [2.24, 2.45) is 5.92 Å². The first kappa shape index (κ1) is 12.8. The maximum Gasteiger partial charge on any atom is 0.119 e. The number of benzene rings is 1. The number of nitrogens with zero attached hydrogens (tertiary/aromatic N) is 2. The summed E-state index contributed by atoms with van der Waals surface area (Å²) >= 11 is 0. The molecule has 0 saturated carbocycles. The number of fused-ring (bicyclic) bond motifs is 1. The predicted molar refractivity (Wildman–Crippen MR) is 79.1 cm³/mol. The van der Waals surface area contributed by atoms with E-state index in [1.807, 2.05) is 0 Å². The van der Waals surface area contributed by atoms with Crippen molar-refractivity contribution in [1.82, 2.24) is 4.90 Å². The number of anilines is 1. The Kier molecular flexibility index (Phi) is 3.40. The molecule has 2 heterocycles. The summed E-state index contributed by atoms with van der Waals surface area (Å²) in [5.41, 5.74) is 2.79. The van der Waals surface area contributed by atoms with Crippen molar-refractivity contribution >= 4 is 5.69 Å². The van der Waals surface area contributed by atoms with E-state index in [9.17, 15) is 0 Å². The zero-order valence-electron chi connectivity index (χ0n) is 12.2. The highest BCUT2D eigenvalue weighted by atomic mass is 16.5. The molecule has 2 aliphatic heterocycles. The van der Waals surface area contributed by atoms with Gasteiger partial charge in [-0.05, 0) is 36.1 Å².